The molecule has 8 nitrogen and oxygen atoms in total. The third-order valence-electron chi connectivity index (χ3n) is 4.56. The van der Waals surface area contributed by atoms with Crippen LogP contribution < -0.4 is 15.4 Å². The first-order valence-electron chi connectivity index (χ1n) is 10.9. The molecule has 0 radical (unpaired) electrons. The molecule has 0 spiro atoms. The Labute approximate surface area is 208 Å². The number of hydrogen-bond acceptors (Lipinski definition) is 7. The van der Waals surface area contributed by atoms with Gasteiger partial charge in [-0.05, 0) is 47.2 Å². The number of aromatic hydroxyl groups is 1. The van der Waals surface area contributed by atoms with Gasteiger partial charge in [-0.15, -0.1) is 0 Å². The van der Waals surface area contributed by atoms with Gasteiger partial charge in [-0.25, -0.2) is 4.98 Å². The minimum Gasteiger partial charge on any atom is -0.507 e. The Morgan fingerprint density at radius 3 is 2.47 bits per heavy atom. The Hall–Kier alpha value is -3.43. The third kappa shape index (κ3) is 6.79. The van der Waals surface area contributed by atoms with Crippen molar-refractivity contribution < 1.29 is 14.6 Å². The van der Waals surface area contributed by atoms with Crippen LogP contribution in [0.15, 0.2) is 65.3 Å². The number of fused-ring (bicyclic) bond motifs is 1. The summed E-state index contributed by atoms with van der Waals surface area (Å²) < 4.78 is 7.45. The van der Waals surface area contributed by atoms with E-state index in [9.17, 15) is 9.90 Å². The number of methoxy groups -OCH3 is 1. The van der Waals surface area contributed by atoms with Gasteiger partial charge >= 0.3 is 0 Å². The summed E-state index contributed by atoms with van der Waals surface area (Å²) in [5.74, 6) is 1.65. The van der Waals surface area contributed by atoms with Crippen molar-refractivity contribution in [1.29, 1.82) is 0 Å². The summed E-state index contributed by atoms with van der Waals surface area (Å²) in [6, 6.07) is 16.1. The molecule has 0 unspecified atom stereocenters. The number of hydrogen-bond donors (Lipinski definition) is 3. The van der Waals surface area contributed by atoms with Crippen LogP contribution in [0.1, 0.15) is 24.2 Å². The molecule has 2 aromatic heterocycles. The molecule has 9 heteroatoms. The smallest absolute Gasteiger partial charge is 0.172 e. The summed E-state index contributed by atoms with van der Waals surface area (Å²) in [6.07, 6.45) is 2.49. The molecule has 0 saturated heterocycles. The summed E-state index contributed by atoms with van der Waals surface area (Å²) in [7, 11) is 3.45. The van der Waals surface area contributed by atoms with Crippen LogP contribution in [0.5, 0.6) is 11.5 Å². The Morgan fingerprint density at radius 2 is 1.82 bits per heavy atom. The molecule has 2 heterocycles. The number of aldehydes is 1. The number of nitrogens with zero attached hydrogens (tertiary/aromatic N) is 3. The SMILES string of the molecule is CC.CNCCNc1cc(-c2ccccc2O)nc2c(Br)cnn12.COc1ccccc1C=O. The van der Waals surface area contributed by atoms with Crippen molar-refractivity contribution in [3.63, 3.8) is 0 Å². The summed E-state index contributed by atoms with van der Waals surface area (Å²) in [5, 5.41) is 20.8. The van der Waals surface area contributed by atoms with E-state index in [1.165, 1.54) is 0 Å². The van der Waals surface area contributed by atoms with E-state index in [0.717, 1.165) is 29.7 Å². The second-order valence-corrected chi connectivity index (χ2v) is 7.52. The first kappa shape index (κ1) is 26.8. The predicted molar refractivity (Wildman–Crippen MR) is 140 cm³/mol. The molecular weight excluding hydrogens is 498 g/mol. The Balaban J connectivity index is 0.000000286. The van der Waals surface area contributed by atoms with Crippen molar-refractivity contribution in [3.8, 4) is 22.8 Å². The number of likely N-dealkylation sites (N-methyl/N-ethyl adjacent to an activating group) is 1. The highest BCUT2D eigenvalue weighted by Gasteiger charge is 2.13. The monoisotopic (exact) mass is 527 g/mol. The number of phenolic OH excluding ortho intramolecular Hbond substituents is 1. The normalized spacial score (nSPS) is 9.91. The summed E-state index contributed by atoms with van der Waals surface area (Å²) in [4.78, 5) is 14.9. The molecule has 0 aliphatic heterocycles. The van der Waals surface area contributed by atoms with E-state index in [-0.39, 0.29) is 5.75 Å². The van der Waals surface area contributed by atoms with Crippen LogP contribution in [-0.4, -0.2) is 53.2 Å². The van der Waals surface area contributed by atoms with E-state index in [1.807, 2.05) is 45.2 Å². The number of phenols is 1. The van der Waals surface area contributed by atoms with E-state index in [4.69, 9.17) is 4.74 Å². The second-order valence-electron chi connectivity index (χ2n) is 6.66. The number of benzene rings is 2. The molecule has 2 aromatic carbocycles. The highest BCUT2D eigenvalue weighted by atomic mass is 79.9. The van der Waals surface area contributed by atoms with Gasteiger partial charge in [0.15, 0.2) is 11.9 Å². The van der Waals surface area contributed by atoms with Crippen LogP contribution in [0.2, 0.25) is 0 Å². The fraction of sp³-hybridized carbons (Fsp3) is 0.240. The molecule has 180 valence electrons. The van der Waals surface area contributed by atoms with E-state index >= 15 is 0 Å². The van der Waals surface area contributed by atoms with Crippen molar-refractivity contribution in [3.05, 3.63) is 70.8 Å². The van der Waals surface area contributed by atoms with Crippen molar-refractivity contribution in [1.82, 2.24) is 19.9 Å². The highest BCUT2D eigenvalue weighted by molar-refractivity contribution is 9.10. The molecule has 34 heavy (non-hydrogen) atoms. The summed E-state index contributed by atoms with van der Waals surface area (Å²) >= 11 is 3.46. The number of anilines is 1. The lowest BCUT2D eigenvalue weighted by Gasteiger charge is -2.11. The fourth-order valence-electron chi connectivity index (χ4n) is 2.97. The van der Waals surface area contributed by atoms with E-state index < -0.39 is 0 Å². The lowest BCUT2D eigenvalue weighted by atomic mass is 10.1. The van der Waals surface area contributed by atoms with Crippen molar-refractivity contribution in [2.24, 2.45) is 0 Å². The largest absolute Gasteiger partial charge is 0.507 e. The lowest BCUT2D eigenvalue weighted by molar-refractivity contribution is 0.112. The minimum absolute atomic E-state index is 0.205. The van der Waals surface area contributed by atoms with Gasteiger partial charge in [0.1, 0.15) is 17.3 Å². The molecule has 0 amide bonds. The van der Waals surface area contributed by atoms with Crippen LogP contribution in [-0.2, 0) is 0 Å². The van der Waals surface area contributed by atoms with Gasteiger partial charge in [0.25, 0.3) is 0 Å². The zero-order chi connectivity index (χ0) is 24.9. The average molecular weight is 528 g/mol. The lowest BCUT2D eigenvalue weighted by Crippen LogP contribution is -2.19. The first-order valence-corrected chi connectivity index (χ1v) is 11.7. The molecule has 0 fully saturated rings. The Kier molecular flexibility index (Phi) is 11.0. The Bertz CT molecular complexity index is 1200. The molecule has 0 aliphatic carbocycles. The van der Waals surface area contributed by atoms with Gasteiger partial charge in [-0.1, -0.05) is 38.1 Å². The first-order chi connectivity index (χ1) is 16.6. The number of carbonyl (C=O) groups is 1. The fourth-order valence-corrected chi connectivity index (χ4v) is 3.32. The summed E-state index contributed by atoms with van der Waals surface area (Å²) in [6.45, 7) is 5.59. The summed E-state index contributed by atoms with van der Waals surface area (Å²) in [5.41, 5.74) is 2.67. The molecular formula is C25H30BrN5O3. The minimum atomic E-state index is 0.205. The van der Waals surface area contributed by atoms with Gasteiger partial charge < -0.3 is 20.5 Å². The number of ether oxygens (including phenoxy) is 1. The van der Waals surface area contributed by atoms with E-state index in [0.29, 0.717) is 28.2 Å². The van der Waals surface area contributed by atoms with E-state index in [1.54, 1.807) is 48.2 Å². The predicted octanol–water partition coefficient (Wildman–Crippen LogP) is 5.03. The highest BCUT2D eigenvalue weighted by Crippen LogP contribution is 2.30. The maximum atomic E-state index is 10.3. The van der Waals surface area contributed by atoms with Crippen molar-refractivity contribution >= 4 is 33.7 Å². The maximum Gasteiger partial charge on any atom is 0.172 e. The molecule has 3 N–H and O–H groups in total. The number of rotatable bonds is 7. The zero-order valence-electron chi connectivity index (χ0n) is 19.7. The van der Waals surface area contributed by atoms with Gasteiger partial charge in [0.05, 0.1) is 29.0 Å². The molecule has 0 saturated carbocycles. The van der Waals surface area contributed by atoms with Crippen LogP contribution in [0, 0.1) is 0 Å². The van der Waals surface area contributed by atoms with Gasteiger partial charge in [-0.2, -0.15) is 9.61 Å². The van der Waals surface area contributed by atoms with Gasteiger partial charge in [-0.3, -0.25) is 4.79 Å². The Morgan fingerprint density at radius 1 is 1.12 bits per heavy atom. The average Bonchev–Trinajstić information content (AvgIpc) is 3.26. The zero-order valence-corrected chi connectivity index (χ0v) is 21.3. The number of nitrogens with one attached hydrogen (secondary N) is 2. The molecule has 0 bridgehead atoms. The molecule has 4 aromatic rings. The number of halogens is 1. The molecule has 0 atom stereocenters. The van der Waals surface area contributed by atoms with E-state index in [2.05, 4.69) is 36.6 Å². The topological polar surface area (TPSA) is 101 Å². The standard InChI is InChI=1S/C15H16BrN5O.C8H8O2.C2H6/c1-17-6-7-18-14-8-12(10-4-2-3-5-13(10)22)20-15-11(16)9-19-21(14)15;1-10-8-5-3-2-4-7(8)6-9;1-2/h2-5,8-9,17-18,22H,6-7H2,1H3;2-6H,1H3;1-2H3. The van der Waals surface area contributed by atoms with Gasteiger partial charge in [0, 0.05) is 24.7 Å². The quantitative estimate of drug-likeness (QED) is 0.229. The number of para-hydroxylation sites is 2. The van der Waals surface area contributed by atoms with Crippen LogP contribution in [0.3, 0.4) is 0 Å². The number of carbonyl (C=O) groups excluding carboxylic acids is 1. The molecule has 0 aliphatic rings. The third-order valence-corrected chi connectivity index (χ3v) is 5.12. The molecule has 4 rings (SSSR count). The van der Waals surface area contributed by atoms with Crippen LogP contribution in [0.4, 0.5) is 5.82 Å². The van der Waals surface area contributed by atoms with Crippen LogP contribution in [0.25, 0.3) is 16.9 Å². The maximum absolute atomic E-state index is 10.3. The second kappa shape index (κ2) is 14.0. The van der Waals surface area contributed by atoms with Crippen LogP contribution >= 0.6 is 15.9 Å². The van der Waals surface area contributed by atoms with Crippen molar-refractivity contribution in [2.75, 3.05) is 32.6 Å². The van der Waals surface area contributed by atoms with Gasteiger partial charge in [0.2, 0.25) is 0 Å². The van der Waals surface area contributed by atoms with Crippen molar-refractivity contribution in [2.45, 2.75) is 13.8 Å². The number of aromatic nitrogens is 3.